The van der Waals surface area contributed by atoms with Gasteiger partial charge in [-0.25, -0.2) is 4.79 Å². The van der Waals surface area contributed by atoms with E-state index in [2.05, 4.69) is 4.74 Å². The minimum Gasteiger partial charge on any atom is -0.478 e. The van der Waals surface area contributed by atoms with E-state index in [0.29, 0.717) is 0 Å². The average molecular weight is 269 g/mol. The summed E-state index contributed by atoms with van der Waals surface area (Å²) >= 11 is 0. The highest BCUT2D eigenvalue weighted by Gasteiger charge is 2.24. The predicted molar refractivity (Wildman–Crippen MR) is 65.4 cm³/mol. The smallest absolute Gasteiger partial charge is 0.335 e. The quantitative estimate of drug-likeness (QED) is 0.434. The van der Waals surface area contributed by atoms with Crippen LogP contribution in [0.2, 0.25) is 0 Å². The zero-order valence-corrected chi connectivity index (χ0v) is 10.2. The first kappa shape index (κ1) is 14.9. The molecule has 2 atom stereocenters. The van der Waals surface area contributed by atoms with Gasteiger partial charge in [-0.15, -0.1) is 0 Å². The van der Waals surface area contributed by atoms with Crippen LogP contribution < -0.4 is 5.73 Å². The number of hydrogen-bond donors (Lipinski definition) is 4. The largest absolute Gasteiger partial charge is 0.478 e. The minimum absolute atomic E-state index is 0.0244. The van der Waals surface area contributed by atoms with Crippen LogP contribution in [-0.2, 0) is 9.53 Å². The van der Waals surface area contributed by atoms with E-state index in [9.17, 15) is 19.8 Å². The molecule has 1 aromatic rings. The topological polar surface area (TPSA) is 130 Å². The van der Waals surface area contributed by atoms with Crippen molar-refractivity contribution in [3.05, 3.63) is 29.3 Å². The third-order valence-electron chi connectivity index (χ3n) is 2.62. The lowest BCUT2D eigenvalue weighted by molar-refractivity contribution is -0.144. The molecule has 0 aliphatic rings. The highest BCUT2D eigenvalue weighted by molar-refractivity contribution is 5.89. The number of methoxy groups -OCH3 is 1. The third kappa shape index (κ3) is 3.67. The number of aromatic carboxylic acids is 1. The van der Waals surface area contributed by atoms with Crippen LogP contribution in [0.15, 0.2) is 18.2 Å². The molecule has 7 nitrogen and oxygen atoms in total. The highest BCUT2D eigenvalue weighted by atomic mass is 16.5. The Bertz CT molecular complexity index is 487. The van der Waals surface area contributed by atoms with E-state index >= 15 is 0 Å². The first-order valence-electron chi connectivity index (χ1n) is 5.42. The van der Waals surface area contributed by atoms with Gasteiger partial charge in [0.2, 0.25) is 0 Å². The maximum absolute atomic E-state index is 11.0. The van der Waals surface area contributed by atoms with Crippen molar-refractivity contribution in [2.24, 2.45) is 0 Å². The molecule has 7 heteroatoms. The summed E-state index contributed by atoms with van der Waals surface area (Å²) in [5, 5.41) is 28.3. The number of nitrogens with two attached hydrogens (primary N) is 1. The van der Waals surface area contributed by atoms with Gasteiger partial charge in [0, 0.05) is 11.3 Å². The third-order valence-corrected chi connectivity index (χ3v) is 2.62. The Hall–Kier alpha value is -2.12. The zero-order chi connectivity index (χ0) is 14.6. The van der Waals surface area contributed by atoms with Gasteiger partial charge >= 0.3 is 11.9 Å². The van der Waals surface area contributed by atoms with E-state index < -0.39 is 30.6 Å². The second-order valence-corrected chi connectivity index (χ2v) is 3.94. The predicted octanol–water partition coefficient (Wildman–Crippen LogP) is -0.0756. The Balaban J connectivity index is 2.90. The van der Waals surface area contributed by atoms with E-state index in [1.165, 1.54) is 18.2 Å². The summed E-state index contributed by atoms with van der Waals surface area (Å²) in [7, 11) is 1.16. The lowest BCUT2D eigenvalue weighted by Gasteiger charge is -2.19. The Morgan fingerprint density at radius 2 is 2.00 bits per heavy atom. The van der Waals surface area contributed by atoms with Gasteiger partial charge < -0.3 is 25.8 Å². The van der Waals surface area contributed by atoms with Crippen LogP contribution in [0.1, 0.15) is 28.4 Å². The average Bonchev–Trinajstić information content (AvgIpc) is 2.37. The fraction of sp³-hybridized carbons (Fsp3) is 0.333. The van der Waals surface area contributed by atoms with Crippen molar-refractivity contribution in [2.45, 2.75) is 18.6 Å². The van der Waals surface area contributed by atoms with Crippen molar-refractivity contribution < 1.29 is 29.6 Å². The standard InChI is InChI=1S/C12H15NO6/c1-19-10(15)5-9(14)11(16)7-3-2-6(12(17)18)4-8(7)13/h2-4,9,11,14,16H,5,13H2,1H3,(H,17,18). The molecule has 0 aliphatic carbocycles. The summed E-state index contributed by atoms with van der Waals surface area (Å²) in [6.45, 7) is 0. The summed E-state index contributed by atoms with van der Waals surface area (Å²) in [5.74, 6) is -1.82. The van der Waals surface area contributed by atoms with Gasteiger partial charge in [-0.1, -0.05) is 6.07 Å². The van der Waals surface area contributed by atoms with E-state index in [1.54, 1.807) is 0 Å². The number of benzene rings is 1. The Kier molecular flexibility index (Phi) is 4.85. The van der Waals surface area contributed by atoms with Crippen molar-refractivity contribution >= 4 is 17.6 Å². The molecule has 1 aromatic carbocycles. The van der Waals surface area contributed by atoms with E-state index in [4.69, 9.17) is 10.8 Å². The molecule has 0 bridgehead atoms. The summed E-state index contributed by atoms with van der Waals surface area (Å²) in [5.41, 5.74) is 5.76. The molecule has 0 saturated heterocycles. The number of rotatable bonds is 5. The number of hydrogen-bond acceptors (Lipinski definition) is 6. The van der Waals surface area contributed by atoms with Crippen molar-refractivity contribution in [3.63, 3.8) is 0 Å². The number of anilines is 1. The number of aliphatic hydroxyl groups excluding tert-OH is 2. The van der Waals surface area contributed by atoms with Gasteiger partial charge in [0.05, 0.1) is 25.2 Å². The molecule has 0 aliphatic heterocycles. The van der Waals surface area contributed by atoms with Crippen LogP contribution >= 0.6 is 0 Å². The van der Waals surface area contributed by atoms with Crippen molar-refractivity contribution in [1.82, 2.24) is 0 Å². The molecule has 2 unspecified atom stereocenters. The number of nitrogen functional groups attached to an aromatic ring is 1. The fourth-order valence-corrected chi connectivity index (χ4v) is 1.55. The second-order valence-electron chi connectivity index (χ2n) is 3.94. The molecule has 104 valence electrons. The molecule has 0 amide bonds. The van der Waals surface area contributed by atoms with Crippen LogP contribution in [-0.4, -0.2) is 40.5 Å². The summed E-state index contributed by atoms with van der Waals surface area (Å²) in [4.78, 5) is 21.7. The van der Waals surface area contributed by atoms with E-state index in [-0.39, 0.29) is 16.8 Å². The van der Waals surface area contributed by atoms with E-state index in [1.807, 2.05) is 0 Å². The van der Waals surface area contributed by atoms with Crippen LogP contribution in [0.5, 0.6) is 0 Å². The number of carbonyl (C=O) groups is 2. The molecule has 0 radical (unpaired) electrons. The molecule has 0 fully saturated rings. The number of aliphatic hydroxyl groups is 2. The molecule has 5 N–H and O–H groups in total. The van der Waals surface area contributed by atoms with Gasteiger partial charge in [0.15, 0.2) is 0 Å². The maximum Gasteiger partial charge on any atom is 0.335 e. The molecule has 0 spiro atoms. The summed E-state index contributed by atoms with van der Waals surface area (Å²) in [6.07, 6.45) is -3.18. The zero-order valence-electron chi connectivity index (χ0n) is 10.2. The molecular formula is C12H15NO6. The lowest BCUT2D eigenvalue weighted by Crippen LogP contribution is -2.23. The second kappa shape index (κ2) is 6.17. The number of ether oxygens (including phenoxy) is 1. The molecular weight excluding hydrogens is 254 g/mol. The minimum atomic E-state index is -1.40. The van der Waals surface area contributed by atoms with Gasteiger partial charge in [-0.2, -0.15) is 0 Å². The summed E-state index contributed by atoms with van der Waals surface area (Å²) in [6, 6.07) is 3.72. The summed E-state index contributed by atoms with van der Waals surface area (Å²) < 4.78 is 4.37. The first-order chi connectivity index (χ1) is 8.86. The van der Waals surface area contributed by atoms with Crippen molar-refractivity contribution in [3.8, 4) is 0 Å². The van der Waals surface area contributed by atoms with Gasteiger partial charge in [-0.05, 0) is 12.1 Å². The van der Waals surface area contributed by atoms with Crippen molar-refractivity contribution in [1.29, 1.82) is 0 Å². The Morgan fingerprint density at radius 3 is 2.47 bits per heavy atom. The number of esters is 1. The highest BCUT2D eigenvalue weighted by Crippen LogP contribution is 2.25. The first-order valence-corrected chi connectivity index (χ1v) is 5.42. The van der Waals surface area contributed by atoms with E-state index in [0.717, 1.165) is 7.11 Å². The van der Waals surface area contributed by atoms with Gasteiger partial charge in [0.1, 0.15) is 6.10 Å². The molecule has 1 rings (SSSR count). The van der Waals surface area contributed by atoms with Crippen LogP contribution in [0.25, 0.3) is 0 Å². The Morgan fingerprint density at radius 1 is 1.37 bits per heavy atom. The fourth-order valence-electron chi connectivity index (χ4n) is 1.55. The van der Waals surface area contributed by atoms with Crippen molar-refractivity contribution in [2.75, 3.05) is 12.8 Å². The van der Waals surface area contributed by atoms with Crippen LogP contribution in [0.4, 0.5) is 5.69 Å². The lowest BCUT2D eigenvalue weighted by atomic mass is 9.99. The van der Waals surface area contributed by atoms with Crippen LogP contribution in [0, 0.1) is 0 Å². The maximum atomic E-state index is 11.0. The number of carboxylic acids is 1. The number of carboxylic acid groups (broad SMARTS) is 1. The normalized spacial score (nSPS) is 13.6. The number of carbonyl (C=O) groups excluding carboxylic acids is 1. The molecule has 19 heavy (non-hydrogen) atoms. The monoisotopic (exact) mass is 269 g/mol. The van der Waals surface area contributed by atoms with Crippen LogP contribution in [0.3, 0.4) is 0 Å². The molecule has 0 aromatic heterocycles. The Labute approximate surface area is 109 Å². The molecule has 0 saturated carbocycles. The molecule has 0 heterocycles. The SMILES string of the molecule is COC(=O)CC(O)C(O)c1ccc(C(=O)O)cc1N. The van der Waals surface area contributed by atoms with Gasteiger partial charge in [0.25, 0.3) is 0 Å². The van der Waals surface area contributed by atoms with Gasteiger partial charge in [-0.3, -0.25) is 4.79 Å².